The Balaban J connectivity index is 1.92. The van der Waals surface area contributed by atoms with Crippen molar-refractivity contribution in [3.63, 3.8) is 0 Å². The summed E-state index contributed by atoms with van der Waals surface area (Å²) in [6.45, 7) is 0. The van der Waals surface area contributed by atoms with E-state index in [1.807, 2.05) is 0 Å². The third-order valence-electron chi connectivity index (χ3n) is 1.80. The fourth-order valence-corrected chi connectivity index (χ4v) is 1.26. The van der Waals surface area contributed by atoms with Gasteiger partial charge in [0, 0.05) is 0 Å². The Labute approximate surface area is 62.8 Å². The largest absolute Gasteiger partial charge is 0.179 e. The molecule has 0 spiro atoms. The van der Waals surface area contributed by atoms with E-state index in [0.29, 0.717) is 0 Å². The molecule has 0 saturated carbocycles. The first kappa shape index (κ1) is 7.20. The van der Waals surface area contributed by atoms with E-state index in [1.165, 1.54) is 32.1 Å². The third kappa shape index (κ3) is 2.44. The molecule has 0 aromatic carbocycles. The standard InChI is InChI=1S/C8H14S/c9-7-2-1-4-8-5-3-6-8/h5,9H,1-4,6-7H2. The highest BCUT2D eigenvalue weighted by molar-refractivity contribution is 7.80. The maximum atomic E-state index is 4.15. The molecule has 1 heteroatoms. The molecule has 0 saturated heterocycles. The number of rotatable bonds is 4. The summed E-state index contributed by atoms with van der Waals surface area (Å²) in [5, 5.41) is 0. The van der Waals surface area contributed by atoms with Gasteiger partial charge in [-0.3, -0.25) is 0 Å². The summed E-state index contributed by atoms with van der Waals surface area (Å²) in [5.41, 5.74) is 1.68. The summed E-state index contributed by atoms with van der Waals surface area (Å²) in [5.74, 6) is 1.05. The topological polar surface area (TPSA) is 0 Å². The molecule has 1 rings (SSSR count). The Morgan fingerprint density at radius 3 is 2.67 bits per heavy atom. The molecule has 0 amide bonds. The Hall–Kier alpha value is 0.0900. The summed E-state index contributed by atoms with van der Waals surface area (Å²) in [6, 6.07) is 0. The maximum absolute atomic E-state index is 4.15. The van der Waals surface area contributed by atoms with Crippen LogP contribution in [-0.4, -0.2) is 5.75 Å². The van der Waals surface area contributed by atoms with Crippen molar-refractivity contribution in [3.05, 3.63) is 11.6 Å². The van der Waals surface area contributed by atoms with Crippen molar-refractivity contribution in [1.82, 2.24) is 0 Å². The molecule has 0 N–H and O–H groups in total. The van der Waals surface area contributed by atoms with Crippen molar-refractivity contribution in [2.24, 2.45) is 0 Å². The highest BCUT2D eigenvalue weighted by Crippen LogP contribution is 2.22. The van der Waals surface area contributed by atoms with E-state index in [-0.39, 0.29) is 0 Å². The van der Waals surface area contributed by atoms with Crippen LogP contribution in [0.2, 0.25) is 0 Å². The smallest absolute Gasteiger partial charge is 0.00978 e. The Kier molecular flexibility index (Phi) is 3.20. The van der Waals surface area contributed by atoms with E-state index in [4.69, 9.17) is 0 Å². The first-order chi connectivity index (χ1) is 4.43. The zero-order chi connectivity index (χ0) is 6.53. The lowest BCUT2D eigenvalue weighted by Gasteiger charge is -2.12. The number of hydrogen-bond acceptors (Lipinski definition) is 1. The molecule has 0 unspecified atom stereocenters. The maximum Gasteiger partial charge on any atom is -0.00978 e. The van der Waals surface area contributed by atoms with E-state index in [0.717, 1.165) is 5.75 Å². The second-order valence-electron chi connectivity index (χ2n) is 2.58. The molecule has 0 aromatic rings. The van der Waals surface area contributed by atoms with E-state index < -0.39 is 0 Å². The van der Waals surface area contributed by atoms with E-state index in [2.05, 4.69) is 18.7 Å². The van der Waals surface area contributed by atoms with Crippen molar-refractivity contribution in [3.8, 4) is 0 Å². The van der Waals surface area contributed by atoms with Crippen molar-refractivity contribution in [1.29, 1.82) is 0 Å². The minimum absolute atomic E-state index is 1.05. The van der Waals surface area contributed by atoms with Gasteiger partial charge in [0.15, 0.2) is 0 Å². The molecule has 0 aromatic heterocycles. The monoisotopic (exact) mass is 142 g/mol. The van der Waals surface area contributed by atoms with Crippen LogP contribution in [0.1, 0.15) is 32.1 Å². The zero-order valence-corrected chi connectivity index (χ0v) is 6.66. The highest BCUT2D eigenvalue weighted by Gasteiger charge is 2.03. The molecule has 0 aliphatic heterocycles. The summed E-state index contributed by atoms with van der Waals surface area (Å²) in [7, 11) is 0. The van der Waals surface area contributed by atoms with Gasteiger partial charge < -0.3 is 0 Å². The SMILES string of the molecule is SCCCCC1=CCC1. The van der Waals surface area contributed by atoms with Crippen molar-refractivity contribution in [2.45, 2.75) is 32.1 Å². The average Bonchev–Trinajstić information content (AvgIpc) is 1.76. The van der Waals surface area contributed by atoms with Crippen molar-refractivity contribution >= 4 is 12.6 Å². The molecule has 0 radical (unpaired) electrons. The van der Waals surface area contributed by atoms with Crippen molar-refractivity contribution in [2.75, 3.05) is 5.75 Å². The first-order valence-electron chi connectivity index (χ1n) is 3.72. The van der Waals surface area contributed by atoms with Crippen molar-refractivity contribution < 1.29 is 0 Å². The lowest BCUT2D eigenvalue weighted by atomic mass is 9.94. The van der Waals surface area contributed by atoms with Gasteiger partial charge in [-0.05, 0) is 37.9 Å². The second-order valence-corrected chi connectivity index (χ2v) is 3.03. The number of unbranched alkanes of at least 4 members (excludes halogenated alkanes) is 1. The molecular formula is C8H14S. The van der Waals surface area contributed by atoms with Gasteiger partial charge >= 0.3 is 0 Å². The average molecular weight is 142 g/mol. The molecule has 0 fully saturated rings. The fourth-order valence-electron chi connectivity index (χ4n) is 1.04. The van der Waals surface area contributed by atoms with Crippen LogP contribution >= 0.6 is 12.6 Å². The molecule has 9 heavy (non-hydrogen) atoms. The van der Waals surface area contributed by atoms with Gasteiger partial charge in [-0.25, -0.2) is 0 Å². The highest BCUT2D eigenvalue weighted by atomic mass is 32.1. The van der Waals surface area contributed by atoms with Crippen LogP contribution < -0.4 is 0 Å². The van der Waals surface area contributed by atoms with Crippen LogP contribution in [0, 0.1) is 0 Å². The molecule has 0 heterocycles. The molecule has 52 valence electrons. The number of hydrogen-bond donors (Lipinski definition) is 1. The van der Waals surface area contributed by atoms with E-state index in [9.17, 15) is 0 Å². The van der Waals surface area contributed by atoms with Crippen LogP contribution in [0.5, 0.6) is 0 Å². The van der Waals surface area contributed by atoms with Gasteiger partial charge in [-0.15, -0.1) is 0 Å². The molecule has 0 atom stereocenters. The van der Waals surface area contributed by atoms with Gasteiger partial charge in [0.05, 0.1) is 0 Å². The Morgan fingerprint density at radius 1 is 1.44 bits per heavy atom. The minimum Gasteiger partial charge on any atom is -0.179 e. The fraction of sp³-hybridized carbons (Fsp3) is 0.750. The molecule has 0 nitrogen and oxygen atoms in total. The summed E-state index contributed by atoms with van der Waals surface area (Å²) in [4.78, 5) is 0. The quantitative estimate of drug-likeness (QED) is 0.348. The lowest BCUT2D eigenvalue weighted by Crippen LogP contribution is -1.93. The van der Waals surface area contributed by atoms with Crippen LogP contribution in [-0.2, 0) is 0 Å². The van der Waals surface area contributed by atoms with Crippen LogP contribution in [0.3, 0.4) is 0 Å². The summed E-state index contributed by atoms with van der Waals surface area (Å²) < 4.78 is 0. The first-order valence-corrected chi connectivity index (χ1v) is 4.35. The van der Waals surface area contributed by atoms with Crippen LogP contribution in [0.15, 0.2) is 11.6 Å². The predicted octanol–water partition coefficient (Wildman–Crippen LogP) is 2.81. The van der Waals surface area contributed by atoms with Crippen LogP contribution in [0.4, 0.5) is 0 Å². The van der Waals surface area contributed by atoms with Gasteiger partial charge in [0.2, 0.25) is 0 Å². The van der Waals surface area contributed by atoms with Crippen LogP contribution in [0.25, 0.3) is 0 Å². The Morgan fingerprint density at radius 2 is 2.22 bits per heavy atom. The Bertz CT molecular complexity index is 105. The van der Waals surface area contributed by atoms with Gasteiger partial charge in [-0.1, -0.05) is 11.6 Å². The van der Waals surface area contributed by atoms with Gasteiger partial charge in [0.1, 0.15) is 0 Å². The molecular weight excluding hydrogens is 128 g/mol. The molecule has 0 bridgehead atoms. The molecule has 1 aliphatic rings. The summed E-state index contributed by atoms with van der Waals surface area (Å²) >= 11 is 4.15. The van der Waals surface area contributed by atoms with E-state index in [1.54, 1.807) is 5.57 Å². The second kappa shape index (κ2) is 3.99. The van der Waals surface area contributed by atoms with Gasteiger partial charge in [-0.2, -0.15) is 12.6 Å². The minimum atomic E-state index is 1.05. The summed E-state index contributed by atoms with van der Waals surface area (Å²) in [6.07, 6.45) is 9.01. The molecule has 1 aliphatic carbocycles. The number of thiol groups is 1. The van der Waals surface area contributed by atoms with E-state index >= 15 is 0 Å². The number of allylic oxidation sites excluding steroid dienone is 2. The lowest BCUT2D eigenvalue weighted by molar-refractivity contribution is 0.719. The third-order valence-corrected chi connectivity index (χ3v) is 2.12. The van der Waals surface area contributed by atoms with Gasteiger partial charge in [0.25, 0.3) is 0 Å². The normalized spacial score (nSPS) is 16.8. The predicted molar refractivity (Wildman–Crippen MR) is 45.0 cm³/mol. The zero-order valence-electron chi connectivity index (χ0n) is 5.77.